The summed E-state index contributed by atoms with van der Waals surface area (Å²) in [6.45, 7) is 1.72. The lowest BCUT2D eigenvalue weighted by molar-refractivity contribution is 0.101. The third kappa shape index (κ3) is 2.46. The number of amides is 1. The Morgan fingerprint density at radius 3 is 2.88 bits per heavy atom. The van der Waals surface area contributed by atoms with E-state index in [1.165, 1.54) is 0 Å². The highest BCUT2D eigenvalue weighted by Crippen LogP contribution is 2.11. The van der Waals surface area contributed by atoms with Gasteiger partial charge in [-0.1, -0.05) is 5.16 Å². The molecule has 2 aromatic rings. The number of hydrogen-bond acceptors (Lipinski definition) is 4. The Bertz CT molecular complexity index is 507. The molecule has 0 aromatic carbocycles. The topological polar surface area (TPSA) is 68.0 Å². The molecule has 0 radical (unpaired) electrons. The van der Waals surface area contributed by atoms with E-state index in [1.54, 1.807) is 31.3 Å². The van der Waals surface area contributed by atoms with Crippen LogP contribution in [0.2, 0.25) is 0 Å². The quantitative estimate of drug-likeness (QED) is 0.918. The van der Waals surface area contributed by atoms with Crippen molar-refractivity contribution in [1.29, 1.82) is 0 Å². The molecule has 0 spiro atoms. The number of nitrogens with one attached hydrogen (secondary N) is 1. The van der Waals surface area contributed by atoms with Crippen LogP contribution in [0.5, 0.6) is 0 Å². The van der Waals surface area contributed by atoms with Crippen LogP contribution in [0, 0.1) is 6.92 Å². The summed E-state index contributed by atoms with van der Waals surface area (Å²) in [6, 6.07) is 5.04. The number of aryl methyl sites for hydroxylation is 1. The van der Waals surface area contributed by atoms with Crippen molar-refractivity contribution >= 4 is 27.7 Å². The number of hydrogen-bond donors (Lipinski definition) is 1. The summed E-state index contributed by atoms with van der Waals surface area (Å²) in [5, 5.41) is 6.21. The number of carbonyl (C=O) groups is 1. The number of rotatable bonds is 2. The zero-order valence-electron chi connectivity index (χ0n) is 8.40. The first-order valence-corrected chi connectivity index (χ1v) is 5.30. The molecule has 5 nitrogen and oxygen atoms in total. The molecule has 0 fully saturated rings. The fraction of sp³-hybridized carbons (Fsp3) is 0.100. The molecule has 0 saturated carbocycles. The van der Waals surface area contributed by atoms with Crippen LogP contribution >= 0.6 is 15.9 Å². The second kappa shape index (κ2) is 4.44. The van der Waals surface area contributed by atoms with Gasteiger partial charge in [-0.3, -0.25) is 4.79 Å². The minimum atomic E-state index is -0.341. The smallest absolute Gasteiger partial charge is 0.279 e. The highest BCUT2D eigenvalue weighted by molar-refractivity contribution is 9.10. The van der Waals surface area contributed by atoms with Crippen LogP contribution in [0.1, 0.15) is 16.2 Å². The van der Waals surface area contributed by atoms with Crippen molar-refractivity contribution in [1.82, 2.24) is 10.1 Å². The lowest BCUT2D eigenvalue weighted by Gasteiger charge is -2.00. The summed E-state index contributed by atoms with van der Waals surface area (Å²) < 4.78 is 5.65. The third-order valence-corrected chi connectivity index (χ3v) is 2.30. The molecular weight excluding hydrogens is 274 g/mol. The Morgan fingerprint density at radius 2 is 2.31 bits per heavy atom. The molecule has 1 amide bonds. The average molecular weight is 282 g/mol. The first kappa shape index (κ1) is 10.8. The Kier molecular flexibility index (Phi) is 3.00. The Hall–Kier alpha value is -1.69. The predicted molar refractivity (Wildman–Crippen MR) is 61.1 cm³/mol. The molecule has 2 rings (SSSR count). The van der Waals surface area contributed by atoms with Gasteiger partial charge >= 0.3 is 0 Å². The fourth-order valence-corrected chi connectivity index (χ4v) is 1.34. The SMILES string of the molecule is Cc1cc(C(=O)Nc2ccc(Br)cn2)no1. The molecule has 2 heterocycles. The zero-order chi connectivity index (χ0) is 11.5. The summed E-state index contributed by atoms with van der Waals surface area (Å²) in [4.78, 5) is 15.6. The van der Waals surface area contributed by atoms with Crippen LogP contribution < -0.4 is 5.32 Å². The number of anilines is 1. The zero-order valence-corrected chi connectivity index (χ0v) is 9.98. The van der Waals surface area contributed by atoms with E-state index in [2.05, 4.69) is 31.4 Å². The summed E-state index contributed by atoms with van der Waals surface area (Å²) in [5.74, 6) is 0.717. The van der Waals surface area contributed by atoms with Crippen LogP contribution in [-0.4, -0.2) is 16.0 Å². The van der Waals surface area contributed by atoms with Crippen molar-refractivity contribution < 1.29 is 9.32 Å². The van der Waals surface area contributed by atoms with Crippen molar-refractivity contribution in [3.8, 4) is 0 Å². The van der Waals surface area contributed by atoms with Gasteiger partial charge in [0.2, 0.25) is 0 Å². The number of aromatic nitrogens is 2. The van der Waals surface area contributed by atoms with E-state index in [0.29, 0.717) is 11.6 Å². The van der Waals surface area contributed by atoms with Gasteiger partial charge in [0.25, 0.3) is 5.91 Å². The van der Waals surface area contributed by atoms with Gasteiger partial charge in [0.1, 0.15) is 11.6 Å². The lowest BCUT2D eigenvalue weighted by atomic mass is 10.3. The molecule has 0 bridgehead atoms. The maximum absolute atomic E-state index is 11.6. The van der Waals surface area contributed by atoms with E-state index in [9.17, 15) is 4.79 Å². The van der Waals surface area contributed by atoms with Gasteiger partial charge in [0.15, 0.2) is 5.69 Å². The minimum absolute atomic E-state index is 0.238. The number of halogens is 1. The summed E-state index contributed by atoms with van der Waals surface area (Å²) >= 11 is 3.26. The molecule has 0 saturated heterocycles. The lowest BCUT2D eigenvalue weighted by Crippen LogP contribution is -2.13. The molecule has 82 valence electrons. The normalized spacial score (nSPS) is 10.1. The first-order valence-electron chi connectivity index (χ1n) is 4.51. The van der Waals surface area contributed by atoms with Crippen LogP contribution in [0.4, 0.5) is 5.82 Å². The number of carbonyl (C=O) groups excluding carboxylic acids is 1. The Labute approximate surface area is 100.0 Å². The van der Waals surface area contributed by atoms with Crippen LogP contribution in [-0.2, 0) is 0 Å². The maximum atomic E-state index is 11.6. The molecule has 6 heteroatoms. The van der Waals surface area contributed by atoms with Gasteiger partial charge in [-0.25, -0.2) is 4.98 Å². The van der Waals surface area contributed by atoms with Gasteiger partial charge in [-0.05, 0) is 35.0 Å². The second-order valence-corrected chi connectivity index (χ2v) is 4.05. The van der Waals surface area contributed by atoms with Crippen molar-refractivity contribution in [2.24, 2.45) is 0 Å². The van der Waals surface area contributed by atoms with Gasteiger partial charge in [-0.15, -0.1) is 0 Å². The third-order valence-electron chi connectivity index (χ3n) is 1.83. The van der Waals surface area contributed by atoms with E-state index in [-0.39, 0.29) is 11.6 Å². The van der Waals surface area contributed by atoms with Crippen molar-refractivity contribution in [3.63, 3.8) is 0 Å². The van der Waals surface area contributed by atoms with Gasteiger partial charge in [0.05, 0.1) is 0 Å². The Morgan fingerprint density at radius 1 is 1.50 bits per heavy atom. The summed E-state index contributed by atoms with van der Waals surface area (Å²) in [6.07, 6.45) is 1.60. The maximum Gasteiger partial charge on any atom is 0.279 e. The van der Waals surface area contributed by atoms with E-state index < -0.39 is 0 Å². The predicted octanol–water partition coefficient (Wildman–Crippen LogP) is 2.39. The highest BCUT2D eigenvalue weighted by Gasteiger charge is 2.11. The second-order valence-electron chi connectivity index (χ2n) is 3.14. The summed E-state index contributed by atoms with van der Waals surface area (Å²) in [7, 11) is 0. The average Bonchev–Trinajstić information content (AvgIpc) is 2.68. The molecular formula is C10H8BrN3O2. The van der Waals surface area contributed by atoms with Crippen molar-refractivity contribution in [2.75, 3.05) is 5.32 Å². The van der Waals surface area contributed by atoms with E-state index in [1.807, 2.05) is 0 Å². The monoisotopic (exact) mass is 281 g/mol. The first-order chi connectivity index (χ1) is 7.65. The largest absolute Gasteiger partial charge is 0.361 e. The van der Waals surface area contributed by atoms with Gasteiger partial charge in [-0.2, -0.15) is 0 Å². The molecule has 0 aliphatic carbocycles. The molecule has 0 aliphatic rings. The minimum Gasteiger partial charge on any atom is -0.361 e. The molecule has 0 atom stereocenters. The van der Waals surface area contributed by atoms with Gasteiger partial charge in [0, 0.05) is 16.7 Å². The highest BCUT2D eigenvalue weighted by atomic mass is 79.9. The van der Waals surface area contributed by atoms with E-state index in [4.69, 9.17) is 4.52 Å². The van der Waals surface area contributed by atoms with Crippen LogP contribution in [0.25, 0.3) is 0 Å². The molecule has 2 aromatic heterocycles. The van der Waals surface area contributed by atoms with E-state index >= 15 is 0 Å². The van der Waals surface area contributed by atoms with E-state index in [0.717, 1.165) is 4.47 Å². The van der Waals surface area contributed by atoms with Crippen molar-refractivity contribution in [2.45, 2.75) is 6.92 Å². The van der Waals surface area contributed by atoms with Gasteiger partial charge < -0.3 is 9.84 Å². The molecule has 1 N–H and O–H groups in total. The standard InChI is InChI=1S/C10H8BrN3O2/c1-6-4-8(14-16-6)10(15)13-9-3-2-7(11)5-12-9/h2-5H,1H3,(H,12,13,15). The van der Waals surface area contributed by atoms with Crippen molar-refractivity contribution in [3.05, 3.63) is 40.3 Å². The number of nitrogens with zero attached hydrogens (tertiary/aromatic N) is 2. The number of pyridine rings is 1. The Balaban J connectivity index is 2.10. The summed E-state index contributed by atoms with van der Waals surface area (Å²) in [5.41, 5.74) is 0.238. The fourth-order valence-electron chi connectivity index (χ4n) is 1.10. The molecule has 16 heavy (non-hydrogen) atoms. The molecule has 0 unspecified atom stereocenters. The van der Waals surface area contributed by atoms with Crippen LogP contribution in [0.3, 0.4) is 0 Å². The van der Waals surface area contributed by atoms with Crippen LogP contribution in [0.15, 0.2) is 33.4 Å². The molecule has 0 aliphatic heterocycles.